The normalized spacial score (nSPS) is 14.2. The Morgan fingerprint density at radius 3 is 2.81 bits per heavy atom. The van der Waals surface area contributed by atoms with Gasteiger partial charge < -0.3 is 10.1 Å². The van der Waals surface area contributed by atoms with E-state index in [1.807, 2.05) is 24.3 Å². The molecule has 1 N–H and O–H groups in total. The molecule has 1 atom stereocenters. The van der Waals surface area contributed by atoms with Crippen molar-refractivity contribution in [3.63, 3.8) is 0 Å². The summed E-state index contributed by atoms with van der Waals surface area (Å²) < 4.78 is 6.77. The number of aryl methyl sites for hydroxylation is 1. The van der Waals surface area contributed by atoms with E-state index < -0.39 is 5.25 Å². The Morgan fingerprint density at radius 2 is 2.06 bits per heavy atom. The number of tetrazole rings is 1. The van der Waals surface area contributed by atoms with Crippen LogP contribution in [0, 0.1) is 11.3 Å². The first-order chi connectivity index (χ1) is 15.1. The fourth-order valence-corrected chi connectivity index (χ4v) is 5.56. The van der Waals surface area contributed by atoms with Crippen molar-refractivity contribution in [2.75, 3.05) is 12.4 Å². The highest BCUT2D eigenvalue weighted by atomic mass is 32.2. The lowest BCUT2D eigenvalue weighted by Gasteiger charge is -2.11. The molecule has 160 valence electrons. The number of carbonyl (C=O) groups is 1. The van der Waals surface area contributed by atoms with Crippen molar-refractivity contribution < 1.29 is 9.53 Å². The van der Waals surface area contributed by atoms with Crippen molar-refractivity contribution in [1.82, 2.24) is 20.2 Å². The number of carbonyl (C=O) groups excluding carboxylic acids is 1. The van der Waals surface area contributed by atoms with Crippen LogP contribution in [0.2, 0.25) is 0 Å². The molecule has 31 heavy (non-hydrogen) atoms. The molecule has 0 fully saturated rings. The SMILES string of the molecule is COc1ccc(-n2nnnc2S[C@H](C)C(=O)Nc2sc3c(c2C#N)CCCCC3)cc1. The number of aromatic nitrogens is 4. The van der Waals surface area contributed by atoms with Gasteiger partial charge in [-0.05, 0) is 72.9 Å². The molecule has 0 saturated heterocycles. The van der Waals surface area contributed by atoms with Crippen LogP contribution in [-0.4, -0.2) is 38.5 Å². The molecule has 0 saturated carbocycles. The number of thiophene rings is 1. The predicted molar refractivity (Wildman–Crippen MR) is 120 cm³/mol. The fraction of sp³-hybridized carbons (Fsp3) is 0.381. The Hall–Kier alpha value is -2.90. The van der Waals surface area contributed by atoms with E-state index in [-0.39, 0.29) is 5.91 Å². The molecule has 3 aromatic rings. The van der Waals surface area contributed by atoms with E-state index >= 15 is 0 Å². The number of nitrogens with zero attached hydrogens (tertiary/aromatic N) is 5. The molecule has 2 heterocycles. The van der Waals surface area contributed by atoms with Gasteiger partial charge in [-0.25, -0.2) is 0 Å². The van der Waals surface area contributed by atoms with E-state index in [0.29, 0.717) is 15.7 Å². The van der Waals surface area contributed by atoms with Crippen molar-refractivity contribution in [1.29, 1.82) is 5.26 Å². The van der Waals surface area contributed by atoms with E-state index in [1.165, 1.54) is 34.4 Å². The molecule has 1 aliphatic rings. The molecule has 1 aromatic carbocycles. The molecule has 0 aliphatic heterocycles. The highest BCUT2D eigenvalue weighted by molar-refractivity contribution is 8.00. The van der Waals surface area contributed by atoms with Gasteiger partial charge in [-0.15, -0.1) is 16.4 Å². The summed E-state index contributed by atoms with van der Waals surface area (Å²) in [5.41, 5.74) is 2.51. The van der Waals surface area contributed by atoms with Crippen LogP contribution in [0.25, 0.3) is 5.69 Å². The number of hydrogen-bond acceptors (Lipinski definition) is 8. The summed E-state index contributed by atoms with van der Waals surface area (Å²) in [6.45, 7) is 1.80. The summed E-state index contributed by atoms with van der Waals surface area (Å²) in [4.78, 5) is 14.1. The summed E-state index contributed by atoms with van der Waals surface area (Å²) in [5, 5.41) is 25.2. The van der Waals surface area contributed by atoms with Crippen LogP contribution in [0.3, 0.4) is 0 Å². The van der Waals surface area contributed by atoms with Crippen LogP contribution in [0.4, 0.5) is 5.00 Å². The summed E-state index contributed by atoms with van der Waals surface area (Å²) in [5.74, 6) is 0.559. The first-order valence-corrected chi connectivity index (χ1v) is 11.7. The second-order valence-electron chi connectivity index (χ2n) is 7.20. The Bertz CT molecular complexity index is 1120. The maximum atomic E-state index is 12.9. The average molecular weight is 455 g/mol. The van der Waals surface area contributed by atoms with E-state index in [2.05, 4.69) is 26.9 Å². The molecule has 0 bridgehead atoms. The minimum absolute atomic E-state index is 0.179. The molecule has 0 radical (unpaired) electrons. The number of methoxy groups -OCH3 is 1. The average Bonchev–Trinajstić information content (AvgIpc) is 3.30. The highest BCUT2D eigenvalue weighted by Crippen LogP contribution is 2.37. The molecule has 4 rings (SSSR count). The first kappa shape index (κ1) is 21.3. The molecule has 1 aliphatic carbocycles. The number of nitrogens with one attached hydrogen (secondary N) is 1. The zero-order chi connectivity index (χ0) is 21.8. The molecule has 10 heteroatoms. The van der Waals surface area contributed by atoms with Crippen molar-refractivity contribution in [2.24, 2.45) is 0 Å². The third-order valence-corrected chi connectivity index (χ3v) is 7.42. The largest absolute Gasteiger partial charge is 0.497 e. The van der Waals surface area contributed by atoms with Gasteiger partial charge in [-0.2, -0.15) is 9.94 Å². The number of benzene rings is 1. The van der Waals surface area contributed by atoms with E-state index in [0.717, 1.165) is 42.7 Å². The lowest BCUT2D eigenvalue weighted by Crippen LogP contribution is -2.23. The smallest absolute Gasteiger partial charge is 0.238 e. The summed E-state index contributed by atoms with van der Waals surface area (Å²) in [6, 6.07) is 9.65. The molecular weight excluding hydrogens is 432 g/mol. The number of nitriles is 1. The second-order valence-corrected chi connectivity index (χ2v) is 9.61. The number of thioether (sulfide) groups is 1. The molecule has 0 unspecified atom stereocenters. The third-order valence-electron chi connectivity index (χ3n) is 5.18. The molecule has 2 aromatic heterocycles. The van der Waals surface area contributed by atoms with Crippen LogP contribution in [-0.2, 0) is 17.6 Å². The minimum atomic E-state index is -0.448. The van der Waals surface area contributed by atoms with Gasteiger partial charge in [0.25, 0.3) is 0 Å². The summed E-state index contributed by atoms with van der Waals surface area (Å²) in [6.07, 6.45) is 5.29. The fourth-order valence-electron chi connectivity index (χ4n) is 3.51. The molecule has 8 nitrogen and oxygen atoms in total. The predicted octanol–water partition coefficient (Wildman–Crippen LogP) is 3.99. The van der Waals surface area contributed by atoms with E-state index in [1.54, 1.807) is 18.7 Å². The van der Waals surface area contributed by atoms with Crippen LogP contribution in [0.15, 0.2) is 29.4 Å². The lowest BCUT2D eigenvalue weighted by molar-refractivity contribution is -0.115. The number of hydrogen-bond donors (Lipinski definition) is 1. The van der Waals surface area contributed by atoms with Crippen molar-refractivity contribution >= 4 is 34.0 Å². The van der Waals surface area contributed by atoms with Gasteiger partial charge in [0.05, 0.1) is 23.6 Å². The van der Waals surface area contributed by atoms with Crippen LogP contribution >= 0.6 is 23.1 Å². The molecule has 0 spiro atoms. The van der Waals surface area contributed by atoms with Crippen molar-refractivity contribution in [3.8, 4) is 17.5 Å². The number of amides is 1. The number of fused-ring (bicyclic) bond motifs is 1. The Balaban J connectivity index is 1.48. The number of anilines is 1. The van der Waals surface area contributed by atoms with Gasteiger partial charge in [0.2, 0.25) is 11.1 Å². The minimum Gasteiger partial charge on any atom is -0.497 e. The number of ether oxygens (including phenoxy) is 1. The topological polar surface area (TPSA) is 106 Å². The maximum absolute atomic E-state index is 12.9. The first-order valence-electron chi connectivity index (χ1n) is 10.1. The summed E-state index contributed by atoms with van der Waals surface area (Å²) in [7, 11) is 1.61. The zero-order valence-electron chi connectivity index (χ0n) is 17.3. The molecule has 1 amide bonds. The Kier molecular flexibility index (Phi) is 6.53. The van der Waals surface area contributed by atoms with Crippen molar-refractivity contribution in [3.05, 3.63) is 40.3 Å². The Labute approximate surface area is 188 Å². The van der Waals surface area contributed by atoms with Gasteiger partial charge >= 0.3 is 0 Å². The van der Waals surface area contributed by atoms with Gasteiger partial charge in [0.1, 0.15) is 16.8 Å². The van der Waals surface area contributed by atoms with Crippen LogP contribution < -0.4 is 10.1 Å². The zero-order valence-corrected chi connectivity index (χ0v) is 18.9. The van der Waals surface area contributed by atoms with E-state index in [9.17, 15) is 10.1 Å². The van der Waals surface area contributed by atoms with E-state index in [4.69, 9.17) is 4.74 Å². The second kappa shape index (κ2) is 9.49. The van der Waals surface area contributed by atoms with Gasteiger partial charge in [0.15, 0.2) is 0 Å². The lowest BCUT2D eigenvalue weighted by atomic mass is 10.1. The van der Waals surface area contributed by atoms with Crippen LogP contribution in [0.1, 0.15) is 42.2 Å². The number of rotatable bonds is 6. The van der Waals surface area contributed by atoms with Gasteiger partial charge in [-0.1, -0.05) is 18.2 Å². The van der Waals surface area contributed by atoms with Crippen LogP contribution in [0.5, 0.6) is 5.75 Å². The standard InChI is InChI=1S/C21H22N6O2S2/c1-13(30-21-24-25-26-27(21)14-8-10-15(29-2)11-9-14)19(28)23-20-17(12-22)16-6-4-3-5-7-18(16)31-20/h8-11,13H,3-7H2,1-2H3,(H,23,28)/t13-/m1/s1. The van der Waals surface area contributed by atoms with Gasteiger partial charge in [0, 0.05) is 4.88 Å². The maximum Gasteiger partial charge on any atom is 0.238 e. The Morgan fingerprint density at radius 1 is 1.29 bits per heavy atom. The quantitative estimate of drug-likeness (QED) is 0.443. The van der Waals surface area contributed by atoms with Crippen molar-refractivity contribution in [2.45, 2.75) is 49.4 Å². The third kappa shape index (κ3) is 4.57. The summed E-state index contributed by atoms with van der Waals surface area (Å²) >= 11 is 2.80. The highest BCUT2D eigenvalue weighted by Gasteiger charge is 2.24. The van der Waals surface area contributed by atoms with Gasteiger partial charge in [-0.3, -0.25) is 4.79 Å². The monoisotopic (exact) mass is 454 g/mol. The molecular formula is C21H22N6O2S2.